The number of nitrogens with two attached hydrogens (primary N) is 1. The van der Waals surface area contributed by atoms with Gasteiger partial charge in [-0.1, -0.05) is 30.3 Å². The molecule has 7 heteroatoms. The molecule has 2 aromatic rings. The van der Waals surface area contributed by atoms with Crippen molar-refractivity contribution < 1.29 is 10.0 Å². The summed E-state index contributed by atoms with van der Waals surface area (Å²) in [4.78, 5) is 26.0. The van der Waals surface area contributed by atoms with Gasteiger partial charge in [0.1, 0.15) is 5.82 Å². The number of rotatable bonds is 6. The number of benzene rings is 1. The van der Waals surface area contributed by atoms with Gasteiger partial charge < -0.3 is 5.73 Å². The van der Waals surface area contributed by atoms with Crippen molar-refractivity contribution in [2.24, 2.45) is 0 Å². The normalized spacial score (nSPS) is 12.1. The van der Waals surface area contributed by atoms with Crippen LogP contribution in [0.2, 0.25) is 0 Å². The molecule has 1 aromatic heterocycles. The predicted octanol–water partition coefficient (Wildman–Crippen LogP) is 1.46. The van der Waals surface area contributed by atoms with Crippen LogP contribution in [0.1, 0.15) is 41.9 Å². The van der Waals surface area contributed by atoms with Crippen LogP contribution in [0.25, 0.3) is 0 Å². The zero-order valence-electron chi connectivity index (χ0n) is 12.4. The second-order valence-electron chi connectivity index (χ2n) is 5.23. The summed E-state index contributed by atoms with van der Waals surface area (Å²) in [6.45, 7) is 1.84. The molecule has 0 fully saturated rings. The van der Waals surface area contributed by atoms with E-state index >= 15 is 0 Å². The lowest BCUT2D eigenvalue weighted by atomic mass is 10.1. The Bertz CT molecular complexity index is 691. The fourth-order valence-electron chi connectivity index (χ4n) is 2.55. The van der Waals surface area contributed by atoms with Gasteiger partial charge in [-0.15, -0.1) is 0 Å². The van der Waals surface area contributed by atoms with Crippen molar-refractivity contribution >= 4 is 11.7 Å². The molecule has 0 aliphatic rings. The van der Waals surface area contributed by atoms with Gasteiger partial charge in [-0.25, -0.2) is 10.3 Å². The predicted molar refractivity (Wildman–Crippen MR) is 82.8 cm³/mol. The average Bonchev–Trinajstić information content (AvgIpc) is 2.82. The number of aromatic amines is 1. The van der Waals surface area contributed by atoms with Crippen LogP contribution in [-0.2, 0) is 6.42 Å². The van der Waals surface area contributed by atoms with Gasteiger partial charge in [0.2, 0.25) is 0 Å². The van der Waals surface area contributed by atoms with Gasteiger partial charge in [-0.3, -0.25) is 19.6 Å². The number of hydrogen-bond acceptors (Lipinski definition) is 4. The zero-order chi connectivity index (χ0) is 16.1. The number of hydrogen-bond donors (Lipinski definition) is 4. The minimum atomic E-state index is -0.800. The number of nitrogens with zero attached hydrogens (tertiary/aromatic N) is 1. The van der Waals surface area contributed by atoms with Crippen LogP contribution in [0.3, 0.4) is 0 Å². The Balaban J connectivity index is 2.08. The third-order valence-electron chi connectivity index (χ3n) is 3.64. The number of carbonyl (C=O) groups is 1. The smallest absolute Gasteiger partial charge is 0.328 e. The van der Waals surface area contributed by atoms with Gasteiger partial charge in [0.05, 0.1) is 0 Å². The summed E-state index contributed by atoms with van der Waals surface area (Å²) in [6.07, 6.45) is 2.46. The molecule has 1 aromatic carbocycles. The summed E-state index contributed by atoms with van der Waals surface area (Å²) in [7, 11) is 0. The minimum Gasteiger partial charge on any atom is -0.383 e. The molecule has 1 heterocycles. The fourth-order valence-corrected chi connectivity index (χ4v) is 2.55. The number of nitrogens with one attached hydrogen (secondary N) is 2. The Morgan fingerprint density at radius 1 is 1.41 bits per heavy atom. The van der Waals surface area contributed by atoms with E-state index in [-0.39, 0.29) is 17.6 Å². The maximum atomic E-state index is 11.9. The highest BCUT2D eigenvalue weighted by molar-refractivity contribution is 5.96. The number of H-pyrrole nitrogens is 1. The molecule has 1 unspecified atom stereocenters. The van der Waals surface area contributed by atoms with E-state index in [0.29, 0.717) is 6.42 Å². The van der Waals surface area contributed by atoms with Crippen molar-refractivity contribution in [3.8, 4) is 0 Å². The van der Waals surface area contributed by atoms with E-state index in [4.69, 9.17) is 10.9 Å². The largest absolute Gasteiger partial charge is 0.383 e. The Labute approximate surface area is 127 Å². The number of imidazole rings is 1. The Kier molecular flexibility index (Phi) is 5.00. The van der Waals surface area contributed by atoms with Gasteiger partial charge in [-0.2, -0.15) is 0 Å². The van der Waals surface area contributed by atoms with Gasteiger partial charge >= 0.3 is 5.69 Å². The average molecular weight is 304 g/mol. The van der Waals surface area contributed by atoms with E-state index < -0.39 is 11.6 Å². The Morgan fingerprint density at radius 3 is 2.73 bits per heavy atom. The first-order valence-corrected chi connectivity index (χ1v) is 7.13. The maximum Gasteiger partial charge on any atom is 0.328 e. The maximum absolute atomic E-state index is 11.9. The molecule has 5 N–H and O–H groups in total. The molecule has 1 atom stereocenters. The molecule has 0 aliphatic carbocycles. The van der Waals surface area contributed by atoms with Crippen LogP contribution in [-0.4, -0.2) is 20.7 Å². The van der Waals surface area contributed by atoms with Crippen LogP contribution in [0.5, 0.6) is 0 Å². The topological polar surface area (TPSA) is 113 Å². The molecule has 22 heavy (non-hydrogen) atoms. The fraction of sp³-hybridized carbons (Fsp3) is 0.333. The van der Waals surface area contributed by atoms with Crippen molar-refractivity contribution in [1.82, 2.24) is 15.0 Å². The molecule has 118 valence electrons. The number of hydroxylamine groups is 1. The Morgan fingerprint density at radius 2 is 2.09 bits per heavy atom. The van der Waals surface area contributed by atoms with Crippen molar-refractivity contribution in [2.45, 2.75) is 32.2 Å². The molecule has 0 spiro atoms. The van der Waals surface area contributed by atoms with Crippen LogP contribution in [0.15, 0.2) is 35.1 Å². The van der Waals surface area contributed by atoms with Crippen molar-refractivity contribution in [3.63, 3.8) is 0 Å². The van der Waals surface area contributed by atoms with E-state index in [1.165, 1.54) is 15.6 Å². The van der Waals surface area contributed by atoms with Gasteiger partial charge in [0, 0.05) is 6.04 Å². The van der Waals surface area contributed by atoms with Gasteiger partial charge in [0.25, 0.3) is 5.91 Å². The van der Waals surface area contributed by atoms with Gasteiger partial charge in [0.15, 0.2) is 5.69 Å². The summed E-state index contributed by atoms with van der Waals surface area (Å²) in [5.41, 5.74) is 7.87. The summed E-state index contributed by atoms with van der Waals surface area (Å²) in [5.74, 6) is -0.850. The third-order valence-corrected chi connectivity index (χ3v) is 3.64. The molecule has 0 saturated heterocycles. The Hall–Kier alpha value is -2.54. The first-order valence-electron chi connectivity index (χ1n) is 7.13. The number of nitrogen functional groups attached to an aromatic ring is 1. The molecule has 7 nitrogen and oxygen atoms in total. The summed E-state index contributed by atoms with van der Waals surface area (Å²) < 4.78 is 1.28. The van der Waals surface area contributed by atoms with E-state index in [1.54, 1.807) is 0 Å². The summed E-state index contributed by atoms with van der Waals surface area (Å²) >= 11 is 0. The molecular formula is C15H20N4O3. The number of aryl methyl sites for hydroxylation is 1. The van der Waals surface area contributed by atoms with Crippen LogP contribution in [0.4, 0.5) is 5.82 Å². The third kappa shape index (κ3) is 3.37. The number of anilines is 1. The number of carbonyl (C=O) groups excluding carboxylic acids is 1. The quantitative estimate of drug-likeness (QED) is 0.478. The first kappa shape index (κ1) is 15.8. The minimum absolute atomic E-state index is 0.0419. The molecule has 0 saturated carbocycles. The SMILES string of the molecule is CC(CCCc1ccccc1)n1c(C(=O)NO)c(N)[nH]c1=O. The number of amides is 1. The van der Waals surface area contributed by atoms with Crippen molar-refractivity contribution in [1.29, 1.82) is 0 Å². The van der Waals surface area contributed by atoms with E-state index in [0.717, 1.165) is 12.8 Å². The molecule has 0 radical (unpaired) electrons. The molecule has 1 amide bonds. The molecule has 0 bridgehead atoms. The summed E-state index contributed by atoms with van der Waals surface area (Å²) in [6, 6.07) is 9.83. The lowest BCUT2D eigenvalue weighted by Gasteiger charge is -2.15. The van der Waals surface area contributed by atoms with Crippen molar-refractivity contribution in [3.05, 3.63) is 52.1 Å². The lowest BCUT2D eigenvalue weighted by Crippen LogP contribution is -2.29. The summed E-state index contributed by atoms with van der Waals surface area (Å²) in [5, 5.41) is 8.77. The second-order valence-corrected chi connectivity index (χ2v) is 5.23. The number of aromatic nitrogens is 2. The van der Waals surface area contributed by atoms with E-state index in [1.807, 2.05) is 25.1 Å². The second kappa shape index (κ2) is 6.95. The van der Waals surface area contributed by atoms with Crippen LogP contribution in [0, 0.1) is 0 Å². The van der Waals surface area contributed by atoms with Crippen LogP contribution < -0.4 is 16.9 Å². The highest BCUT2D eigenvalue weighted by Gasteiger charge is 2.22. The molecular weight excluding hydrogens is 284 g/mol. The van der Waals surface area contributed by atoms with E-state index in [9.17, 15) is 9.59 Å². The highest BCUT2D eigenvalue weighted by atomic mass is 16.5. The first-order chi connectivity index (χ1) is 10.5. The van der Waals surface area contributed by atoms with Gasteiger partial charge in [-0.05, 0) is 31.7 Å². The molecule has 0 aliphatic heterocycles. The van der Waals surface area contributed by atoms with E-state index in [2.05, 4.69) is 17.1 Å². The van der Waals surface area contributed by atoms with Crippen molar-refractivity contribution in [2.75, 3.05) is 5.73 Å². The molecule has 2 rings (SSSR count). The lowest BCUT2D eigenvalue weighted by molar-refractivity contribution is 0.0694. The monoisotopic (exact) mass is 304 g/mol. The zero-order valence-corrected chi connectivity index (χ0v) is 12.4. The van der Waals surface area contributed by atoms with Crippen LogP contribution >= 0.6 is 0 Å². The standard InChI is InChI=1S/C15H20N4O3/c1-10(6-5-9-11-7-3-2-4-8-11)19-12(14(20)18-22)13(16)17-15(19)21/h2-4,7-8,10,22H,5-6,9,16H2,1H3,(H,17,21)(H,18,20). The highest BCUT2D eigenvalue weighted by Crippen LogP contribution is 2.18.